The second-order valence-electron chi connectivity index (χ2n) is 7.60. The molecule has 0 aliphatic heterocycles. The molecule has 0 aliphatic carbocycles. The number of halogens is 1. The maximum absolute atomic E-state index is 12.0. The summed E-state index contributed by atoms with van der Waals surface area (Å²) >= 11 is 0. The van der Waals surface area contributed by atoms with Crippen molar-refractivity contribution in [3.8, 4) is 0 Å². The van der Waals surface area contributed by atoms with E-state index in [0.717, 1.165) is 18.9 Å². The summed E-state index contributed by atoms with van der Waals surface area (Å²) in [7, 11) is 3.51. The Labute approximate surface area is 158 Å². The fourth-order valence-electron chi connectivity index (χ4n) is 1.64. The molecule has 138 valence electrons. The number of ether oxygens (including phenoxy) is 1. The van der Waals surface area contributed by atoms with Crippen molar-refractivity contribution in [1.82, 2.24) is 15.5 Å². The normalized spacial score (nSPS) is 13.7. The lowest BCUT2D eigenvalue weighted by Gasteiger charge is -2.29. The van der Waals surface area contributed by atoms with Crippen LogP contribution >= 0.6 is 24.0 Å². The first-order valence-electron chi connectivity index (χ1n) is 7.80. The van der Waals surface area contributed by atoms with Crippen molar-refractivity contribution in [3.63, 3.8) is 0 Å². The average molecular weight is 442 g/mol. The van der Waals surface area contributed by atoms with Crippen LogP contribution < -0.4 is 10.6 Å². The van der Waals surface area contributed by atoms with Crippen LogP contribution in [-0.2, 0) is 4.74 Å². The lowest BCUT2D eigenvalue weighted by molar-refractivity contribution is 0.0230. The van der Waals surface area contributed by atoms with Crippen molar-refractivity contribution >= 4 is 36.0 Å². The van der Waals surface area contributed by atoms with Gasteiger partial charge in [0.15, 0.2) is 5.96 Å². The van der Waals surface area contributed by atoms with Gasteiger partial charge < -0.3 is 20.3 Å². The van der Waals surface area contributed by atoms with Crippen LogP contribution in [0.3, 0.4) is 0 Å². The number of hydrogen-bond donors (Lipinski definition) is 2. The van der Waals surface area contributed by atoms with E-state index < -0.39 is 5.60 Å². The molecule has 0 heterocycles. The van der Waals surface area contributed by atoms with Crippen LogP contribution in [0.5, 0.6) is 0 Å². The second kappa shape index (κ2) is 10.2. The summed E-state index contributed by atoms with van der Waals surface area (Å²) in [5, 5.41) is 6.56. The minimum absolute atomic E-state index is 0. The maximum Gasteiger partial charge on any atom is 0.410 e. The molecule has 0 bridgehead atoms. The molecule has 0 fully saturated rings. The van der Waals surface area contributed by atoms with Gasteiger partial charge in [-0.1, -0.05) is 0 Å². The number of carbonyl (C=O) groups is 1. The van der Waals surface area contributed by atoms with Gasteiger partial charge in [0.25, 0.3) is 0 Å². The summed E-state index contributed by atoms with van der Waals surface area (Å²) in [6, 6.07) is 0.0788. The van der Waals surface area contributed by atoms with E-state index in [1.54, 1.807) is 19.0 Å². The Balaban J connectivity index is 0. The molecule has 7 heteroatoms. The molecule has 6 nitrogen and oxygen atoms in total. The third-order valence-electron chi connectivity index (χ3n) is 2.91. The standard InChI is InChI=1S/C16H34N4O2.HI/c1-12(20(9)14(21)22-16(5,6)7)10-11-18-13(17-8)19-15(2,3)4;/h12H,10-11H2,1-9H3,(H2,17,18,19);1H. The fraction of sp³-hybridized carbons (Fsp3) is 0.875. The molecule has 0 aliphatic rings. The summed E-state index contributed by atoms with van der Waals surface area (Å²) < 4.78 is 5.37. The van der Waals surface area contributed by atoms with Crippen molar-refractivity contribution in [2.75, 3.05) is 20.6 Å². The van der Waals surface area contributed by atoms with Gasteiger partial charge in [-0.2, -0.15) is 0 Å². The van der Waals surface area contributed by atoms with Gasteiger partial charge in [0, 0.05) is 32.2 Å². The van der Waals surface area contributed by atoms with Gasteiger partial charge in [-0.15, -0.1) is 24.0 Å². The van der Waals surface area contributed by atoms with Gasteiger partial charge in [0.05, 0.1) is 0 Å². The summed E-state index contributed by atoms with van der Waals surface area (Å²) in [4.78, 5) is 17.8. The zero-order valence-electron chi connectivity index (χ0n) is 16.1. The zero-order valence-corrected chi connectivity index (χ0v) is 18.4. The molecule has 0 rings (SSSR count). The number of guanidine groups is 1. The first-order valence-corrected chi connectivity index (χ1v) is 7.80. The highest BCUT2D eigenvalue weighted by Crippen LogP contribution is 2.11. The molecule has 0 aromatic heterocycles. The Morgan fingerprint density at radius 1 is 1.22 bits per heavy atom. The number of hydrogen-bond acceptors (Lipinski definition) is 3. The molecule has 1 atom stereocenters. The van der Waals surface area contributed by atoms with Crippen molar-refractivity contribution in [2.45, 2.75) is 72.1 Å². The van der Waals surface area contributed by atoms with Gasteiger partial charge in [-0.3, -0.25) is 4.99 Å². The number of amides is 1. The predicted octanol–water partition coefficient (Wildman–Crippen LogP) is 3.21. The third kappa shape index (κ3) is 12.4. The molecule has 0 aromatic carbocycles. The van der Waals surface area contributed by atoms with E-state index in [1.807, 2.05) is 27.7 Å². The second-order valence-corrected chi connectivity index (χ2v) is 7.60. The van der Waals surface area contributed by atoms with E-state index >= 15 is 0 Å². The lowest BCUT2D eigenvalue weighted by Crippen LogP contribution is -2.48. The highest BCUT2D eigenvalue weighted by Gasteiger charge is 2.22. The van der Waals surface area contributed by atoms with Crippen LogP contribution in [0, 0.1) is 0 Å². The highest BCUT2D eigenvalue weighted by atomic mass is 127. The molecular formula is C16H35IN4O2. The van der Waals surface area contributed by atoms with Crippen molar-refractivity contribution in [1.29, 1.82) is 0 Å². The van der Waals surface area contributed by atoms with Crippen LogP contribution in [-0.4, -0.2) is 54.8 Å². The summed E-state index contributed by atoms with van der Waals surface area (Å²) in [5.74, 6) is 0.764. The number of carbonyl (C=O) groups excluding carboxylic acids is 1. The van der Waals surface area contributed by atoms with E-state index in [-0.39, 0.29) is 41.7 Å². The quantitative estimate of drug-likeness (QED) is 0.399. The zero-order chi connectivity index (χ0) is 17.6. The van der Waals surface area contributed by atoms with Gasteiger partial charge in [-0.25, -0.2) is 4.79 Å². The van der Waals surface area contributed by atoms with Crippen LogP contribution in [0.1, 0.15) is 54.9 Å². The van der Waals surface area contributed by atoms with E-state index in [9.17, 15) is 4.79 Å². The third-order valence-corrected chi connectivity index (χ3v) is 2.91. The van der Waals surface area contributed by atoms with Gasteiger partial charge >= 0.3 is 6.09 Å². The highest BCUT2D eigenvalue weighted by molar-refractivity contribution is 14.0. The Hall–Kier alpha value is -0.730. The number of nitrogens with zero attached hydrogens (tertiary/aromatic N) is 2. The molecular weight excluding hydrogens is 407 g/mol. The van der Waals surface area contributed by atoms with E-state index in [0.29, 0.717) is 0 Å². The molecule has 0 radical (unpaired) electrons. The van der Waals surface area contributed by atoms with Gasteiger partial charge in [0.1, 0.15) is 5.60 Å². The molecule has 0 saturated carbocycles. The molecule has 23 heavy (non-hydrogen) atoms. The Morgan fingerprint density at radius 2 is 1.74 bits per heavy atom. The minimum Gasteiger partial charge on any atom is -0.444 e. The number of rotatable bonds is 4. The molecule has 1 unspecified atom stereocenters. The SMILES string of the molecule is CN=C(NCCC(C)N(C)C(=O)OC(C)(C)C)NC(C)(C)C.I. The Bertz CT molecular complexity index is 387. The molecule has 0 saturated heterocycles. The van der Waals surface area contributed by atoms with Crippen molar-refractivity contribution < 1.29 is 9.53 Å². The maximum atomic E-state index is 12.0. The average Bonchev–Trinajstić information content (AvgIpc) is 2.32. The van der Waals surface area contributed by atoms with E-state index in [4.69, 9.17) is 4.74 Å². The van der Waals surface area contributed by atoms with Crippen molar-refractivity contribution in [2.24, 2.45) is 4.99 Å². The van der Waals surface area contributed by atoms with Crippen LogP contribution in [0.2, 0.25) is 0 Å². The molecule has 2 N–H and O–H groups in total. The minimum atomic E-state index is -0.470. The first kappa shape index (κ1) is 24.5. The number of aliphatic imine (C=N–C) groups is 1. The van der Waals surface area contributed by atoms with Gasteiger partial charge in [-0.05, 0) is 54.9 Å². The Morgan fingerprint density at radius 3 is 2.13 bits per heavy atom. The topological polar surface area (TPSA) is 66.0 Å². The summed E-state index contributed by atoms with van der Waals surface area (Å²) in [6.45, 7) is 14.6. The molecule has 0 spiro atoms. The predicted molar refractivity (Wildman–Crippen MR) is 108 cm³/mol. The lowest BCUT2D eigenvalue weighted by atomic mass is 10.1. The van der Waals surface area contributed by atoms with Crippen LogP contribution in [0.25, 0.3) is 0 Å². The van der Waals surface area contributed by atoms with E-state index in [1.165, 1.54) is 0 Å². The fourth-order valence-corrected chi connectivity index (χ4v) is 1.64. The van der Waals surface area contributed by atoms with Gasteiger partial charge in [0.2, 0.25) is 0 Å². The van der Waals surface area contributed by atoms with Crippen LogP contribution in [0.4, 0.5) is 4.79 Å². The first-order chi connectivity index (χ1) is 9.85. The molecule has 1 amide bonds. The largest absolute Gasteiger partial charge is 0.444 e. The van der Waals surface area contributed by atoms with Crippen LogP contribution in [0.15, 0.2) is 4.99 Å². The summed E-state index contributed by atoms with van der Waals surface area (Å²) in [5.41, 5.74) is -0.511. The summed E-state index contributed by atoms with van der Waals surface area (Å²) in [6.07, 6.45) is 0.512. The smallest absolute Gasteiger partial charge is 0.410 e. The monoisotopic (exact) mass is 442 g/mol. The number of nitrogens with one attached hydrogen (secondary N) is 2. The van der Waals surface area contributed by atoms with Crippen molar-refractivity contribution in [3.05, 3.63) is 0 Å². The molecule has 0 aromatic rings. The van der Waals surface area contributed by atoms with E-state index in [2.05, 4.69) is 36.4 Å². The Kier molecular flexibility index (Phi) is 10.9.